The summed E-state index contributed by atoms with van der Waals surface area (Å²) in [6.07, 6.45) is 1.51. The Morgan fingerprint density at radius 2 is 2.00 bits per heavy atom. The van der Waals surface area contributed by atoms with Crippen LogP contribution in [-0.4, -0.2) is 43.8 Å². The van der Waals surface area contributed by atoms with Crippen molar-refractivity contribution in [2.24, 2.45) is 0 Å². The van der Waals surface area contributed by atoms with Gasteiger partial charge in [0.05, 0.1) is 11.4 Å². The molecule has 1 amide bonds. The summed E-state index contributed by atoms with van der Waals surface area (Å²) in [5.74, 6) is -0.0787. The topological polar surface area (TPSA) is 49.4 Å². The van der Waals surface area contributed by atoms with Crippen molar-refractivity contribution in [3.05, 3.63) is 34.3 Å². The summed E-state index contributed by atoms with van der Waals surface area (Å²) < 4.78 is 0. The lowest BCUT2D eigenvalue weighted by molar-refractivity contribution is -0.120. The lowest BCUT2D eigenvalue weighted by Crippen LogP contribution is -2.28. The van der Waals surface area contributed by atoms with Gasteiger partial charge in [-0.05, 0) is 38.7 Å². The lowest BCUT2D eigenvalue weighted by Gasteiger charge is -2.11. The molecular weight excluding hydrogens is 288 g/mol. The Hall–Kier alpha value is -1.39. The summed E-state index contributed by atoms with van der Waals surface area (Å²) in [6, 6.07) is 5.25. The highest BCUT2D eigenvalue weighted by atomic mass is 35.5. The Morgan fingerprint density at radius 3 is 2.62 bits per heavy atom. The van der Waals surface area contributed by atoms with E-state index < -0.39 is 0 Å². The van der Waals surface area contributed by atoms with E-state index in [4.69, 9.17) is 11.6 Å². The summed E-state index contributed by atoms with van der Waals surface area (Å²) in [7, 11) is 4.00. The van der Waals surface area contributed by atoms with E-state index in [1.807, 2.05) is 14.1 Å². The second kappa shape index (κ2) is 8.80. The van der Waals surface area contributed by atoms with Gasteiger partial charge in [-0.1, -0.05) is 30.7 Å². The second-order valence-electron chi connectivity index (χ2n) is 5.24. The fraction of sp³-hybridized carbons (Fsp3) is 0.500. The van der Waals surface area contributed by atoms with Gasteiger partial charge in [0.25, 0.3) is 0 Å². The Morgan fingerprint density at radius 1 is 1.29 bits per heavy atom. The van der Waals surface area contributed by atoms with Crippen molar-refractivity contribution < 1.29 is 9.59 Å². The molecule has 0 aliphatic heterocycles. The molecule has 0 saturated carbocycles. The molecule has 0 aliphatic carbocycles. The predicted molar refractivity (Wildman–Crippen MR) is 86.0 cm³/mol. The number of nitrogens with one attached hydrogen (secondary N) is 1. The minimum absolute atomic E-state index is 0.00626. The molecule has 1 rings (SSSR count). The number of benzene rings is 1. The molecule has 0 saturated heterocycles. The zero-order valence-electron chi connectivity index (χ0n) is 12.9. The fourth-order valence-corrected chi connectivity index (χ4v) is 2.28. The molecule has 1 N–H and O–H groups in total. The Bertz CT molecular complexity index is 501. The lowest BCUT2D eigenvalue weighted by atomic mass is 10.0. The van der Waals surface area contributed by atoms with Gasteiger partial charge in [-0.2, -0.15) is 0 Å². The van der Waals surface area contributed by atoms with Crippen LogP contribution >= 0.6 is 11.6 Å². The van der Waals surface area contributed by atoms with Gasteiger partial charge < -0.3 is 10.2 Å². The van der Waals surface area contributed by atoms with E-state index in [-0.39, 0.29) is 18.1 Å². The minimum atomic E-state index is -0.0725. The molecule has 0 aromatic heterocycles. The first-order valence-corrected chi connectivity index (χ1v) is 7.55. The van der Waals surface area contributed by atoms with Crippen LogP contribution in [0.15, 0.2) is 18.2 Å². The number of carbonyl (C=O) groups excluding carboxylic acids is 2. The van der Waals surface area contributed by atoms with Crippen LogP contribution in [0, 0.1) is 0 Å². The Labute approximate surface area is 131 Å². The molecule has 5 heteroatoms. The van der Waals surface area contributed by atoms with Crippen LogP contribution in [0.25, 0.3) is 0 Å². The van der Waals surface area contributed by atoms with Gasteiger partial charge in [0.1, 0.15) is 0 Å². The van der Waals surface area contributed by atoms with Gasteiger partial charge >= 0.3 is 0 Å². The molecular formula is C16H23ClN2O2. The van der Waals surface area contributed by atoms with Crippen LogP contribution in [0.2, 0.25) is 5.02 Å². The van der Waals surface area contributed by atoms with Crippen molar-refractivity contribution >= 4 is 23.3 Å². The van der Waals surface area contributed by atoms with E-state index in [1.165, 1.54) is 0 Å². The van der Waals surface area contributed by atoms with Gasteiger partial charge in [0.15, 0.2) is 5.78 Å². The molecule has 1 aromatic rings. The molecule has 116 valence electrons. The van der Waals surface area contributed by atoms with Gasteiger partial charge in [0.2, 0.25) is 5.91 Å². The Kier molecular flexibility index (Phi) is 7.40. The number of carbonyl (C=O) groups is 2. The normalized spacial score (nSPS) is 10.7. The second-order valence-corrected chi connectivity index (χ2v) is 5.62. The van der Waals surface area contributed by atoms with Crippen LogP contribution in [-0.2, 0) is 11.2 Å². The van der Waals surface area contributed by atoms with E-state index in [2.05, 4.69) is 10.2 Å². The largest absolute Gasteiger partial charge is 0.356 e. The van der Waals surface area contributed by atoms with E-state index in [1.54, 1.807) is 25.1 Å². The molecule has 0 spiro atoms. The molecule has 4 nitrogen and oxygen atoms in total. The molecule has 0 unspecified atom stereocenters. The maximum Gasteiger partial charge on any atom is 0.224 e. The maximum atomic E-state index is 11.9. The van der Waals surface area contributed by atoms with Crippen LogP contribution in [0.4, 0.5) is 0 Å². The number of nitrogens with zero attached hydrogens (tertiary/aromatic N) is 1. The summed E-state index contributed by atoms with van der Waals surface area (Å²) >= 11 is 6.22. The SMILES string of the molecule is CCC(=O)c1cccc(CC(=O)NCCCN(C)C)c1Cl. The van der Waals surface area contributed by atoms with Crippen molar-refractivity contribution in [3.8, 4) is 0 Å². The number of hydrogen-bond acceptors (Lipinski definition) is 3. The molecule has 0 bridgehead atoms. The highest BCUT2D eigenvalue weighted by molar-refractivity contribution is 6.34. The predicted octanol–water partition coefficient (Wildman–Crippen LogP) is 2.54. The summed E-state index contributed by atoms with van der Waals surface area (Å²) in [6.45, 7) is 3.37. The van der Waals surface area contributed by atoms with Gasteiger partial charge in [-0.25, -0.2) is 0 Å². The summed E-state index contributed by atoms with van der Waals surface area (Å²) in [5.41, 5.74) is 1.19. The summed E-state index contributed by atoms with van der Waals surface area (Å²) in [5, 5.41) is 3.26. The van der Waals surface area contributed by atoms with E-state index in [9.17, 15) is 9.59 Å². The molecule has 0 heterocycles. The first-order valence-electron chi connectivity index (χ1n) is 7.17. The van der Waals surface area contributed by atoms with E-state index in [0.29, 0.717) is 29.1 Å². The van der Waals surface area contributed by atoms with Crippen LogP contribution in [0.3, 0.4) is 0 Å². The maximum absolute atomic E-state index is 11.9. The summed E-state index contributed by atoms with van der Waals surface area (Å²) in [4.78, 5) is 25.7. The number of Topliss-reactive ketones (excluding diaryl/α,β-unsaturated/α-hetero) is 1. The van der Waals surface area contributed by atoms with Crippen LogP contribution in [0.5, 0.6) is 0 Å². The molecule has 0 atom stereocenters. The monoisotopic (exact) mass is 310 g/mol. The highest BCUT2D eigenvalue weighted by Crippen LogP contribution is 2.23. The average Bonchev–Trinajstić information content (AvgIpc) is 2.45. The fourth-order valence-electron chi connectivity index (χ4n) is 1.98. The van der Waals surface area contributed by atoms with Crippen molar-refractivity contribution in [2.45, 2.75) is 26.2 Å². The minimum Gasteiger partial charge on any atom is -0.356 e. The molecule has 21 heavy (non-hydrogen) atoms. The number of ketones is 1. The number of halogens is 1. The van der Waals surface area contributed by atoms with Crippen LogP contribution in [0.1, 0.15) is 35.7 Å². The van der Waals surface area contributed by atoms with Crippen molar-refractivity contribution in [1.82, 2.24) is 10.2 Å². The third kappa shape index (κ3) is 5.86. The zero-order chi connectivity index (χ0) is 15.8. The number of hydrogen-bond donors (Lipinski definition) is 1. The number of amides is 1. The van der Waals surface area contributed by atoms with Crippen LogP contribution < -0.4 is 5.32 Å². The van der Waals surface area contributed by atoms with E-state index in [0.717, 1.165) is 13.0 Å². The third-order valence-electron chi connectivity index (χ3n) is 3.16. The highest BCUT2D eigenvalue weighted by Gasteiger charge is 2.13. The van der Waals surface area contributed by atoms with Gasteiger partial charge in [-0.3, -0.25) is 9.59 Å². The first-order chi connectivity index (χ1) is 9.95. The molecule has 0 radical (unpaired) electrons. The van der Waals surface area contributed by atoms with Gasteiger partial charge in [-0.15, -0.1) is 0 Å². The van der Waals surface area contributed by atoms with E-state index >= 15 is 0 Å². The molecule has 0 aliphatic rings. The van der Waals surface area contributed by atoms with Gasteiger partial charge in [0, 0.05) is 18.5 Å². The standard InChI is InChI=1S/C16H23ClN2O2/c1-4-14(20)13-8-5-7-12(16(13)17)11-15(21)18-9-6-10-19(2)3/h5,7-8H,4,6,9-11H2,1-3H3,(H,18,21). The smallest absolute Gasteiger partial charge is 0.224 e. The zero-order valence-corrected chi connectivity index (χ0v) is 13.7. The first kappa shape index (κ1) is 17.7. The third-order valence-corrected chi connectivity index (χ3v) is 3.60. The quantitative estimate of drug-likeness (QED) is 0.593. The number of rotatable bonds is 8. The van der Waals surface area contributed by atoms with Crippen molar-refractivity contribution in [3.63, 3.8) is 0 Å². The Balaban J connectivity index is 2.58. The van der Waals surface area contributed by atoms with Crippen molar-refractivity contribution in [2.75, 3.05) is 27.2 Å². The molecule has 0 fully saturated rings. The molecule has 1 aromatic carbocycles. The van der Waals surface area contributed by atoms with Crippen molar-refractivity contribution in [1.29, 1.82) is 0 Å². The average molecular weight is 311 g/mol.